The third-order valence-electron chi connectivity index (χ3n) is 3.63. The second-order valence-corrected chi connectivity index (χ2v) is 5.10. The van der Waals surface area contributed by atoms with Gasteiger partial charge in [-0.1, -0.05) is 26.0 Å². The van der Waals surface area contributed by atoms with Gasteiger partial charge in [0.2, 0.25) is 0 Å². The predicted molar refractivity (Wildman–Crippen MR) is 66.3 cm³/mol. The largest absolute Gasteiger partial charge is 0.395 e. The van der Waals surface area contributed by atoms with Crippen molar-refractivity contribution in [2.24, 2.45) is 5.92 Å². The molecule has 2 atom stereocenters. The summed E-state index contributed by atoms with van der Waals surface area (Å²) in [6.07, 6.45) is 1.70. The molecule has 94 valence electrons. The Morgan fingerprint density at radius 3 is 2.88 bits per heavy atom. The lowest BCUT2D eigenvalue weighted by atomic mass is 10.0. The molecule has 0 saturated heterocycles. The van der Waals surface area contributed by atoms with E-state index >= 15 is 0 Å². The number of fused-ring (bicyclic) bond motifs is 1. The molecular weight excluding hydrogens is 217 g/mol. The molecule has 1 aromatic carbocycles. The third-order valence-corrected chi connectivity index (χ3v) is 3.63. The highest BCUT2D eigenvalue weighted by atomic mass is 19.1. The number of aliphatic hydroxyl groups excluding tert-OH is 1. The fourth-order valence-electron chi connectivity index (χ4n) is 2.50. The van der Waals surface area contributed by atoms with Gasteiger partial charge in [-0.15, -0.1) is 0 Å². The molecule has 1 aliphatic carbocycles. The van der Waals surface area contributed by atoms with Crippen molar-refractivity contribution >= 4 is 0 Å². The second-order valence-electron chi connectivity index (χ2n) is 5.10. The van der Waals surface area contributed by atoms with E-state index < -0.39 is 0 Å². The Morgan fingerprint density at radius 1 is 1.47 bits per heavy atom. The lowest BCUT2D eigenvalue weighted by Gasteiger charge is -2.25. The topological polar surface area (TPSA) is 32.3 Å². The minimum atomic E-state index is -0.100. The first-order valence-electron chi connectivity index (χ1n) is 6.27. The Balaban J connectivity index is 2.14. The van der Waals surface area contributed by atoms with Crippen molar-refractivity contribution in [1.29, 1.82) is 0 Å². The summed E-state index contributed by atoms with van der Waals surface area (Å²) in [6, 6.07) is 5.53. The van der Waals surface area contributed by atoms with Crippen LogP contribution in [-0.4, -0.2) is 17.8 Å². The van der Waals surface area contributed by atoms with Crippen molar-refractivity contribution in [3.05, 3.63) is 35.1 Å². The van der Waals surface area contributed by atoms with Gasteiger partial charge >= 0.3 is 0 Å². The molecule has 0 aromatic heterocycles. The number of hydrogen-bond donors (Lipinski definition) is 2. The summed E-state index contributed by atoms with van der Waals surface area (Å²) in [7, 11) is 0. The number of aliphatic hydroxyl groups is 1. The highest BCUT2D eigenvalue weighted by molar-refractivity contribution is 5.35. The molecule has 0 fully saturated rings. The first-order chi connectivity index (χ1) is 8.13. The van der Waals surface area contributed by atoms with E-state index in [-0.39, 0.29) is 24.5 Å². The van der Waals surface area contributed by atoms with E-state index in [2.05, 4.69) is 19.2 Å². The van der Waals surface area contributed by atoms with Gasteiger partial charge in [-0.05, 0) is 36.0 Å². The molecule has 0 bridgehead atoms. The van der Waals surface area contributed by atoms with Gasteiger partial charge in [-0.2, -0.15) is 0 Å². The van der Waals surface area contributed by atoms with Crippen LogP contribution in [0.4, 0.5) is 4.39 Å². The highest BCUT2D eigenvalue weighted by Crippen LogP contribution is 2.33. The Bertz CT molecular complexity index is 392. The molecule has 2 unspecified atom stereocenters. The molecule has 0 aliphatic heterocycles. The Morgan fingerprint density at radius 2 is 2.24 bits per heavy atom. The minimum absolute atomic E-state index is 0.0780. The zero-order valence-electron chi connectivity index (χ0n) is 10.4. The van der Waals surface area contributed by atoms with E-state index in [0.717, 1.165) is 24.0 Å². The Labute approximate surface area is 102 Å². The molecule has 2 N–H and O–H groups in total. The van der Waals surface area contributed by atoms with E-state index in [1.54, 1.807) is 6.07 Å². The number of halogens is 1. The number of nitrogens with one attached hydrogen (secondary N) is 1. The lowest BCUT2D eigenvalue weighted by Crippen LogP contribution is -2.38. The molecule has 3 heteroatoms. The molecule has 0 radical (unpaired) electrons. The van der Waals surface area contributed by atoms with Crippen molar-refractivity contribution in [3.63, 3.8) is 0 Å². The van der Waals surface area contributed by atoms with Gasteiger partial charge in [-0.3, -0.25) is 0 Å². The van der Waals surface area contributed by atoms with Crippen molar-refractivity contribution in [2.75, 3.05) is 6.61 Å². The third kappa shape index (κ3) is 2.50. The molecule has 17 heavy (non-hydrogen) atoms. The summed E-state index contributed by atoms with van der Waals surface area (Å²) in [5, 5.41) is 12.8. The summed E-state index contributed by atoms with van der Waals surface area (Å²) >= 11 is 0. The van der Waals surface area contributed by atoms with Gasteiger partial charge in [0.15, 0.2) is 0 Å². The highest BCUT2D eigenvalue weighted by Gasteiger charge is 2.27. The maximum atomic E-state index is 13.6. The van der Waals surface area contributed by atoms with Crippen molar-refractivity contribution in [3.8, 4) is 0 Å². The SMILES string of the molecule is CC(C)C(CO)NC1CCc2c(F)cccc21. The smallest absolute Gasteiger partial charge is 0.126 e. The van der Waals surface area contributed by atoms with Crippen LogP contribution in [0.1, 0.15) is 37.4 Å². The molecule has 0 amide bonds. The van der Waals surface area contributed by atoms with E-state index in [9.17, 15) is 9.50 Å². The van der Waals surface area contributed by atoms with Crippen molar-refractivity contribution < 1.29 is 9.50 Å². The van der Waals surface area contributed by atoms with E-state index in [4.69, 9.17) is 0 Å². The van der Waals surface area contributed by atoms with Crippen LogP contribution in [-0.2, 0) is 6.42 Å². The number of benzene rings is 1. The van der Waals surface area contributed by atoms with Crippen LogP contribution in [0.3, 0.4) is 0 Å². The zero-order valence-corrected chi connectivity index (χ0v) is 10.4. The van der Waals surface area contributed by atoms with Crippen molar-refractivity contribution in [1.82, 2.24) is 5.32 Å². The molecule has 2 rings (SSSR count). The van der Waals surface area contributed by atoms with Crippen LogP contribution in [0.15, 0.2) is 18.2 Å². The van der Waals surface area contributed by atoms with Gasteiger partial charge in [0.05, 0.1) is 6.61 Å². The average Bonchev–Trinajstić information content (AvgIpc) is 2.70. The van der Waals surface area contributed by atoms with Crippen LogP contribution in [0, 0.1) is 11.7 Å². The maximum absolute atomic E-state index is 13.6. The van der Waals surface area contributed by atoms with Crippen LogP contribution in [0.2, 0.25) is 0 Å². The second kappa shape index (κ2) is 5.15. The van der Waals surface area contributed by atoms with E-state index in [1.165, 1.54) is 6.07 Å². The summed E-state index contributed by atoms with van der Waals surface area (Å²) < 4.78 is 13.6. The zero-order chi connectivity index (χ0) is 12.4. The van der Waals surface area contributed by atoms with Gasteiger partial charge in [0.25, 0.3) is 0 Å². The van der Waals surface area contributed by atoms with Gasteiger partial charge < -0.3 is 10.4 Å². The molecule has 0 heterocycles. The fraction of sp³-hybridized carbons (Fsp3) is 0.571. The van der Waals surface area contributed by atoms with Crippen molar-refractivity contribution in [2.45, 2.75) is 38.8 Å². The lowest BCUT2D eigenvalue weighted by molar-refractivity contribution is 0.199. The first kappa shape index (κ1) is 12.5. The minimum Gasteiger partial charge on any atom is -0.395 e. The summed E-state index contributed by atoms with van der Waals surface area (Å²) in [4.78, 5) is 0. The molecular formula is C14H20FNO. The molecule has 2 nitrogen and oxygen atoms in total. The number of rotatable bonds is 4. The van der Waals surface area contributed by atoms with E-state index in [0.29, 0.717) is 5.92 Å². The fourth-order valence-corrected chi connectivity index (χ4v) is 2.50. The van der Waals surface area contributed by atoms with E-state index in [1.807, 2.05) is 6.07 Å². The molecule has 1 aromatic rings. The van der Waals surface area contributed by atoms with Crippen LogP contribution < -0.4 is 5.32 Å². The van der Waals surface area contributed by atoms with Gasteiger partial charge in [0, 0.05) is 12.1 Å². The van der Waals surface area contributed by atoms with Gasteiger partial charge in [-0.25, -0.2) is 4.39 Å². The Hall–Kier alpha value is -0.930. The Kier molecular flexibility index (Phi) is 3.79. The monoisotopic (exact) mass is 237 g/mol. The standard InChI is InChI=1S/C14H20FNO/c1-9(2)14(8-17)16-13-7-6-10-11(13)4-3-5-12(10)15/h3-5,9,13-14,16-17H,6-8H2,1-2H3. The summed E-state index contributed by atoms with van der Waals surface area (Å²) in [5.74, 6) is 0.273. The molecule has 0 saturated carbocycles. The molecule has 0 spiro atoms. The van der Waals surface area contributed by atoms with Crippen LogP contribution in [0.25, 0.3) is 0 Å². The summed E-state index contributed by atoms with van der Waals surface area (Å²) in [6.45, 7) is 4.28. The summed E-state index contributed by atoms with van der Waals surface area (Å²) in [5.41, 5.74) is 1.90. The van der Waals surface area contributed by atoms with Gasteiger partial charge in [0.1, 0.15) is 5.82 Å². The molecule has 1 aliphatic rings. The normalized spacial score (nSPS) is 20.6. The maximum Gasteiger partial charge on any atom is 0.126 e. The van der Waals surface area contributed by atoms with Crippen LogP contribution in [0.5, 0.6) is 0 Å². The first-order valence-corrected chi connectivity index (χ1v) is 6.27. The average molecular weight is 237 g/mol. The van der Waals surface area contributed by atoms with Crippen LogP contribution >= 0.6 is 0 Å². The quantitative estimate of drug-likeness (QED) is 0.843. The number of hydrogen-bond acceptors (Lipinski definition) is 2. The predicted octanol–water partition coefficient (Wildman–Crippen LogP) is 2.42.